The number of rotatable bonds is 1. The summed E-state index contributed by atoms with van der Waals surface area (Å²) in [4.78, 5) is 0.502. The molecule has 0 heterocycles. The molecule has 0 atom stereocenters. The van der Waals surface area contributed by atoms with Crippen LogP contribution in [0.4, 0.5) is 0 Å². The van der Waals surface area contributed by atoms with Crippen molar-refractivity contribution >= 4 is 17.2 Å². The quantitative estimate of drug-likeness (QED) is 0.694. The standard InChI is InChI=1S/C11H15NS/c1-6-5-7(2)9(4)10(8(6)3)11(12)13/h5H,1-4H3,(H2,12,13). The minimum atomic E-state index is 0.502. The van der Waals surface area contributed by atoms with Gasteiger partial charge in [-0.2, -0.15) is 0 Å². The first-order chi connectivity index (χ1) is 5.95. The number of aryl methyl sites for hydroxylation is 2. The number of thiocarbonyl (C=S) groups is 1. The number of hydrogen-bond acceptors (Lipinski definition) is 1. The van der Waals surface area contributed by atoms with Gasteiger partial charge in [-0.3, -0.25) is 0 Å². The highest BCUT2D eigenvalue weighted by molar-refractivity contribution is 7.80. The molecule has 0 saturated carbocycles. The van der Waals surface area contributed by atoms with Crippen molar-refractivity contribution in [2.45, 2.75) is 27.7 Å². The predicted molar refractivity (Wildman–Crippen MR) is 61.3 cm³/mol. The van der Waals surface area contributed by atoms with E-state index in [1.165, 1.54) is 22.3 Å². The zero-order valence-corrected chi connectivity index (χ0v) is 9.38. The zero-order chi connectivity index (χ0) is 10.2. The van der Waals surface area contributed by atoms with Crippen molar-refractivity contribution in [1.29, 1.82) is 0 Å². The highest BCUT2D eigenvalue weighted by Crippen LogP contribution is 2.21. The Morgan fingerprint density at radius 1 is 1.08 bits per heavy atom. The van der Waals surface area contributed by atoms with Gasteiger partial charge in [-0.25, -0.2) is 0 Å². The van der Waals surface area contributed by atoms with Crippen LogP contribution in [-0.4, -0.2) is 4.99 Å². The van der Waals surface area contributed by atoms with Crippen molar-refractivity contribution in [3.8, 4) is 0 Å². The van der Waals surface area contributed by atoms with E-state index in [4.69, 9.17) is 18.0 Å². The van der Waals surface area contributed by atoms with Crippen LogP contribution in [0.5, 0.6) is 0 Å². The average molecular weight is 193 g/mol. The first-order valence-electron chi connectivity index (χ1n) is 4.32. The van der Waals surface area contributed by atoms with Crippen molar-refractivity contribution in [3.05, 3.63) is 33.9 Å². The van der Waals surface area contributed by atoms with Gasteiger partial charge in [0.25, 0.3) is 0 Å². The van der Waals surface area contributed by atoms with Gasteiger partial charge < -0.3 is 5.73 Å². The summed E-state index contributed by atoms with van der Waals surface area (Å²) in [7, 11) is 0. The second kappa shape index (κ2) is 3.46. The summed E-state index contributed by atoms with van der Waals surface area (Å²) in [6.07, 6.45) is 0. The van der Waals surface area contributed by atoms with Gasteiger partial charge in [0.2, 0.25) is 0 Å². The number of nitrogens with two attached hydrogens (primary N) is 1. The maximum Gasteiger partial charge on any atom is 0.104 e. The van der Waals surface area contributed by atoms with Crippen LogP contribution in [0.25, 0.3) is 0 Å². The lowest BCUT2D eigenvalue weighted by Gasteiger charge is -2.13. The molecule has 0 bridgehead atoms. The van der Waals surface area contributed by atoms with Gasteiger partial charge in [0.05, 0.1) is 0 Å². The SMILES string of the molecule is Cc1cc(C)c(C)c(C(N)=S)c1C. The molecule has 0 aliphatic heterocycles. The highest BCUT2D eigenvalue weighted by Gasteiger charge is 2.09. The van der Waals surface area contributed by atoms with E-state index in [2.05, 4.69) is 33.8 Å². The van der Waals surface area contributed by atoms with Gasteiger partial charge in [-0.15, -0.1) is 0 Å². The van der Waals surface area contributed by atoms with Crippen molar-refractivity contribution in [2.24, 2.45) is 5.73 Å². The summed E-state index contributed by atoms with van der Waals surface area (Å²) in [6, 6.07) is 2.17. The van der Waals surface area contributed by atoms with Crippen LogP contribution in [0.2, 0.25) is 0 Å². The second-order valence-electron chi connectivity index (χ2n) is 3.50. The molecule has 2 heteroatoms. The smallest absolute Gasteiger partial charge is 0.104 e. The summed E-state index contributed by atoms with van der Waals surface area (Å²) < 4.78 is 0. The zero-order valence-electron chi connectivity index (χ0n) is 8.56. The lowest BCUT2D eigenvalue weighted by Crippen LogP contribution is -2.14. The minimum Gasteiger partial charge on any atom is -0.389 e. The minimum absolute atomic E-state index is 0.502. The van der Waals surface area contributed by atoms with E-state index in [-0.39, 0.29) is 0 Å². The molecule has 0 saturated heterocycles. The Hall–Kier alpha value is -0.890. The molecule has 0 aliphatic rings. The molecular weight excluding hydrogens is 178 g/mol. The molecule has 1 aromatic carbocycles. The van der Waals surface area contributed by atoms with Crippen LogP contribution in [0.3, 0.4) is 0 Å². The Balaban J connectivity index is 3.56. The second-order valence-corrected chi connectivity index (χ2v) is 3.94. The maximum atomic E-state index is 5.68. The Morgan fingerprint density at radius 2 is 1.46 bits per heavy atom. The van der Waals surface area contributed by atoms with E-state index in [1.807, 2.05) is 0 Å². The summed E-state index contributed by atoms with van der Waals surface area (Å²) in [5.41, 5.74) is 11.7. The average Bonchev–Trinajstić information content (AvgIpc) is 2.01. The highest BCUT2D eigenvalue weighted by atomic mass is 32.1. The summed E-state index contributed by atoms with van der Waals surface area (Å²) in [5.74, 6) is 0. The third-order valence-electron chi connectivity index (χ3n) is 2.61. The Labute approximate surface area is 85.0 Å². The van der Waals surface area contributed by atoms with E-state index in [0.717, 1.165) is 5.56 Å². The van der Waals surface area contributed by atoms with E-state index in [1.54, 1.807) is 0 Å². The van der Waals surface area contributed by atoms with Gasteiger partial charge in [-0.05, 0) is 49.9 Å². The molecule has 1 rings (SSSR count). The first kappa shape index (κ1) is 10.2. The third kappa shape index (κ3) is 1.73. The lowest BCUT2D eigenvalue weighted by molar-refractivity contribution is 1.23. The largest absolute Gasteiger partial charge is 0.389 e. The van der Waals surface area contributed by atoms with Gasteiger partial charge >= 0.3 is 0 Å². The predicted octanol–water partition coefficient (Wildman–Crippen LogP) is 2.55. The van der Waals surface area contributed by atoms with Crippen molar-refractivity contribution in [3.63, 3.8) is 0 Å². The Morgan fingerprint density at radius 3 is 1.77 bits per heavy atom. The van der Waals surface area contributed by atoms with Crippen LogP contribution in [-0.2, 0) is 0 Å². The van der Waals surface area contributed by atoms with Crippen molar-refractivity contribution in [1.82, 2.24) is 0 Å². The van der Waals surface area contributed by atoms with Crippen LogP contribution in [0.15, 0.2) is 6.07 Å². The van der Waals surface area contributed by atoms with E-state index < -0.39 is 0 Å². The summed E-state index contributed by atoms with van der Waals surface area (Å²) in [5, 5.41) is 0. The fourth-order valence-electron chi connectivity index (χ4n) is 1.59. The van der Waals surface area contributed by atoms with Crippen LogP contribution < -0.4 is 5.73 Å². The topological polar surface area (TPSA) is 26.0 Å². The van der Waals surface area contributed by atoms with Gasteiger partial charge in [0.1, 0.15) is 4.99 Å². The summed E-state index contributed by atoms with van der Waals surface area (Å²) >= 11 is 5.03. The molecule has 2 N–H and O–H groups in total. The fourth-order valence-corrected chi connectivity index (χ4v) is 1.89. The monoisotopic (exact) mass is 193 g/mol. The molecule has 0 radical (unpaired) electrons. The van der Waals surface area contributed by atoms with Crippen molar-refractivity contribution < 1.29 is 0 Å². The molecule has 0 unspecified atom stereocenters. The molecule has 0 fully saturated rings. The molecule has 1 nitrogen and oxygen atoms in total. The molecule has 0 spiro atoms. The maximum absolute atomic E-state index is 5.68. The lowest BCUT2D eigenvalue weighted by atomic mass is 9.94. The molecule has 13 heavy (non-hydrogen) atoms. The molecule has 1 aromatic rings. The van der Waals surface area contributed by atoms with E-state index in [0.29, 0.717) is 4.99 Å². The number of hydrogen-bond donors (Lipinski definition) is 1. The Kier molecular flexibility index (Phi) is 2.71. The normalized spacial score (nSPS) is 10.2. The molecule has 0 aromatic heterocycles. The van der Waals surface area contributed by atoms with E-state index in [9.17, 15) is 0 Å². The van der Waals surface area contributed by atoms with Gasteiger partial charge in [0, 0.05) is 5.56 Å². The molecule has 0 amide bonds. The van der Waals surface area contributed by atoms with E-state index >= 15 is 0 Å². The first-order valence-corrected chi connectivity index (χ1v) is 4.73. The Bertz CT molecular complexity index is 341. The van der Waals surface area contributed by atoms with Crippen LogP contribution >= 0.6 is 12.2 Å². The fraction of sp³-hybridized carbons (Fsp3) is 0.364. The van der Waals surface area contributed by atoms with Crippen LogP contribution in [0, 0.1) is 27.7 Å². The summed E-state index contributed by atoms with van der Waals surface area (Å²) in [6.45, 7) is 8.31. The molecule has 0 aliphatic carbocycles. The van der Waals surface area contributed by atoms with Gasteiger partial charge in [-0.1, -0.05) is 18.3 Å². The molecular formula is C11H15NS. The van der Waals surface area contributed by atoms with Crippen LogP contribution in [0.1, 0.15) is 27.8 Å². The molecule has 70 valence electrons. The van der Waals surface area contributed by atoms with Gasteiger partial charge in [0.15, 0.2) is 0 Å². The third-order valence-corrected chi connectivity index (χ3v) is 2.82. The van der Waals surface area contributed by atoms with Crippen molar-refractivity contribution in [2.75, 3.05) is 0 Å². The number of benzene rings is 1.